The van der Waals surface area contributed by atoms with Gasteiger partial charge in [0, 0.05) is 13.2 Å². The third-order valence-corrected chi connectivity index (χ3v) is 7.47. The van der Waals surface area contributed by atoms with E-state index in [0.29, 0.717) is 0 Å². The van der Waals surface area contributed by atoms with Crippen molar-refractivity contribution >= 4 is 0 Å². The number of hydrogen-bond donors (Lipinski definition) is 1. The van der Waals surface area contributed by atoms with Crippen molar-refractivity contribution in [2.75, 3.05) is 26.3 Å². The van der Waals surface area contributed by atoms with Crippen LogP contribution in [-0.4, -0.2) is 26.3 Å². The predicted octanol–water partition coefficient (Wildman–Crippen LogP) is 12.2. The number of allylic oxidation sites excluding steroid dienone is 8. The minimum atomic E-state index is 0.864. The van der Waals surface area contributed by atoms with E-state index in [2.05, 4.69) is 67.8 Å². The van der Waals surface area contributed by atoms with Crippen molar-refractivity contribution < 1.29 is 4.74 Å². The zero-order chi connectivity index (χ0) is 28.9. The van der Waals surface area contributed by atoms with Crippen molar-refractivity contribution in [3.63, 3.8) is 0 Å². The summed E-state index contributed by atoms with van der Waals surface area (Å²) >= 11 is 0. The van der Waals surface area contributed by atoms with Crippen LogP contribution in [0.4, 0.5) is 0 Å². The monoisotopic (exact) mass is 558 g/mol. The minimum absolute atomic E-state index is 0.864. The first-order valence-electron chi connectivity index (χ1n) is 17.8. The molecule has 0 saturated carbocycles. The summed E-state index contributed by atoms with van der Waals surface area (Å²) in [6, 6.07) is 0. The molecule has 0 aromatic rings. The highest BCUT2D eigenvalue weighted by atomic mass is 16.5. The maximum absolute atomic E-state index is 5.80. The fraction of sp³-hybridized carbons (Fsp3) is 0.789. The molecule has 0 heterocycles. The first-order valence-corrected chi connectivity index (χ1v) is 17.8. The average Bonchev–Trinajstić information content (AvgIpc) is 2.97. The molecule has 234 valence electrons. The lowest BCUT2D eigenvalue weighted by Gasteiger charge is -2.06. The zero-order valence-electron chi connectivity index (χ0n) is 27.3. The van der Waals surface area contributed by atoms with Gasteiger partial charge < -0.3 is 10.1 Å². The molecule has 0 aromatic carbocycles. The molecular formula is C38H71NO. The van der Waals surface area contributed by atoms with Gasteiger partial charge in [0.05, 0.1) is 6.61 Å². The fourth-order valence-electron chi connectivity index (χ4n) is 4.80. The topological polar surface area (TPSA) is 21.3 Å². The van der Waals surface area contributed by atoms with Crippen LogP contribution in [0.3, 0.4) is 0 Å². The molecule has 0 bridgehead atoms. The van der Waals surface area contributed by atoms with Crippen LogP contribution in [0.2, 0.25) is 0 Å². The molecule has 2 heteroatoms. The Balaban J connectivity index is 3.14. The number of ether oxygens (including phenoxy) is 1. The van der Waals surface area contributed by atoms with E-state index in [1.165, 1.54) is 141 Å². The summed E-state index contributed by atoms with van der Waals surface area (Å²) in [6.07, 6.45) is 50.2. The molecule has 1 N–H and O–H groups in total. The number of hydrogen-bond acceptors (Lipinski definition) is 2. The minimum Gasteiger partial charge on any atom is -0.380 e. The second-order valence-corrected chi connectivity index (χ2v) is 11.5. The van der Waals surface area contributed by atoms with Crippen LogP contribution in [0.5, 0.6) is 0 Å². The molecule has 0 aliphatic heterocycles. The lowest BCUT2D eigenvalue weighted by molar-refractivity contribution is 0.131. The van der Waals surface area contributed by atoms with Crippen molar-refractivity contribution in [3.05, 3.63) is 48.6 Å². The quantitative estimate of drug-likeness (QED) is 0.0640. The summed E-state index contributed by atoms with van der Waals surface area (Å²) in [7, 11) is 0. The maximum Gasteiger partial charge on any atom is 0.0590 e. The second kappa shape index (κ2) is 37.9. The van der Waals surface area contributed by atoms with Crippen LogP contribution in [0.1, 0.15) is 168 Å². The van der Waals surface area contributed by atoms with Crippen LogP contribution in [-0.2, 0) is 4.74 Å². The number of unbranched alkanes of at least 4 members (excludes halogenated alkanes) is 18. The Labute approximate surface area is 252 Å². The van der Waals surface area contributed by atoms with Crippen LogP contribution < -0.4 is 5.32 Å². The van der Waals surface area contributed by atoms with E-state index in [-0.39, 0.29) is 0 Å². The molecule has 0 aliphatic carbocycles. The predicted molar refractivity (Wildman–Crippen MR) is 182 cm³/mol. The number of nitrogens with one attached hydrogen (secondary N) is 1. The van der Waals surface area contributed by atoms with E-state index >= 15 is 0 Å². The smallest absolute Gasteiger partial charge is 0.0590 e. The van der Waals surface area contributed by atoms with Crippen molar-refractivity contribution in [3.8, 4) is 0 Å². The summed E-state index contributed by atoms with van der Waals surface area (Å²) in [6.45, 7) is 8.47. The van der Waals surface area contributed by atoms with E-state index in [1.807, 2.05) is 0 Å². The largest absolute Gasteiger partial charge is 0.380 e. The lowest BCUT2D eigenvalue weighted by atomic mass is 10.1. The van der Waals surface area contributed by atoms with Gasteiger partial charge >= 0.3 is 0 Å². The molecule has 0 amide bonds. The highest BCUT2D eigenvalue weighted by Gasteiger charge is 1.94. The zero-order valence-corrected chi connectivity index (χ0v) is 27.3. The van der Waals surface area contributed by atoms with E-state index in [9.17, 15) is 0 Å². The molecule has 0 spiro atoms. The molecule has 40 heavy (non-hydrogen) atoms. The van der Waals surface area contributed by atoms with Gasteiger partial charge in [-0.1, -0.05) is 140 Å². The average molecular weight is 558 g/mol. The molecule has 0 rings (SSSR count). The summed E-state index contributed by atoms with van der Waals surface area (Å²) in [5, 5.41) is 3.54. The van der Waals surface area contributed by atoms with Crippen molar-refractivity contribution in [2.24, 2.45) is 0 Å². The summed E-state index contributed by atoms with van der Waals surface area (Å²) in [5.41, 5.74) is 0. The first kappa shape index (κ1) is 38.9. The van der Waals surface area contributed by atoms with E-state index in [0.717, 1.165) is 39.1 Å². The van der Waals surface area contributed by atoms with Gasteiger partial charge in [-0.3, -0.25) is 0 Å². The molecule has 2 nitrogen and oxygen atoms in total. The second-order valence-electron chi connectivity index (χ2n) is 11.5. The van der Waals surface area contributed by atoms with Crippen molar-refractivity contribution in [1.82, 2.24) is 5.32 Å². The molecule has 0 radical (unpaired) electrons. The van der Waals surface area contributed by atoms with Crippen LogP contribution in [0.25, 0.3) is 0 Å². The maximum atomic E-state index is 5.80. The van der Waals surface area contributed by atoms with E-state index in [4.69, 9.17) is 4.74 Å². The summed E-state index contributed by atoms with van der Waals surface area (Å²) < 4.78 is 5.80. The van der Waals surface area contributed by atoms with Gasteiger partial charge in [0.15, 0.2) is 0 Å². The van der Waals surface area contributed by atoms with Gasteiger partial charge in [0.2, 0.25) is 0 Å². The van der Waals surface area contributed by atoms with Crippen molar-refractivity contribution in [1.29, 1.82) is 0 Å². The molecule has 0 fully saturated rings. The SMILES string of the molecule is CCCCC/C=C\C/C=C\CCCCCCCCNCCOCCCCCCCC/C=C\C/C=C\CCCCC. The van der Waals surface area contributed by atoms with Gasteiger partial charge in [0.1, 0.15) is 0 Å². The third-order valence-electron chi connectivity index (χ3n) is 7.47. The Morgan fingerprint density at radius 3 is 1.25 bits per heavy atom. The highest BCUT2D eigenvalue weighted by molar-refractivity contribution is 4.93. The van der Waals surface area contributed by atoms with Crippen LogP contribution in [0.15, 0.2) is 48.6 Å². The standard InChI is InChI=1S/C38H71NO/c1-3-5-7-9-11-13-15-17-19-21-23-25-27-29-31-33-35-39-36-38-40-37-34-32-30-28-26-24-22-20-18-16-14-12-10-8-6-4-2/h11-14,17-20,39H,3-10,15-16,21-38H2,1-2H3/b13-11-,14-12-,19-17-,20-18-. The third kappa shape index (κ3) is 36.9. The van der Waals surface area contributed by atoms with Crippen LogP contribution >= 0.6 is 0 Å². The van der Waals surface area contributed by atoms with Crippen LogP contribution in [0, 0.1) is 0 Å². The van der Waals surface area contributed by atoms with E-state index < -0.39 is 0 Å². The van der Waals surface area contributed by atoms with Gasteiger partial charge in [0.25, 0.3) is 0 Å². The highest BCUT2D eigenvalue weighted by Crippen LogP contribution is 2.09. The lowest BCUT2D eigenvalue weighted by Crippen LogP contribution is -2.21. The Hall–Kier alpha value is -1.12. The Kier molecular flexibility index (Phi) is 36.8. The molecule has 0 saturated heterocycles. The van der Waals surface area contributed by atoms with E-state index in [1.54, 1.807) is 0 Å². The molecule has 0 atom stereocenters. The summed E-state index contributed by atoms with van der Waals surface area (Å²) in [4.78, 5) is 0. The fourth-order valence-corrected chi connectivity index (χ4v) is 4.80. The Bertz CT molecular complexity index is 512. The van der Waals surface area contributed by atoms with Gasteiger partial charge in [-0.05, 0) is 83.6 Å². The number of rotatable bonds is 33. The molecular weight excluding hydrogens is 486 g/mol. The van der Waals surface area contributed by atoms with Gasteiger partial charge in [-0.25, -0.2) is 0 Å². The first-order chi connectivity index (χ1) is 19.9. The Morgan fingerprint density at radius 1 is 0.375 bits per heavy atom. The van der Waals surface area contributed by atoms with Crippen molar-refractivity contribution in [2.45, 2.75) is 168 Å². The summed E-state index contributed by atoms with van der Waals surface area (Å²) in [5.74, 6) is 0. The molecule has 0 aliphatic rings. The van der Waals surface area contributed by atoms with Gasteiger partial charge in [-0.15, -0.1) is 0 Å². The van der Waals surface area contributed by atoms with Gasteiger partial charge in [-0.2, -0.15) is 0 Å². The molecule has 0 aromatic heterocycles. The Morgan fingerprint density at radius 2 is 0.775 bits per heavy atom. The normalized spacial score (nSPS) is 12.3. The molecule has 0 unspecified atom stereocenters.